The number of halogens is 1. The van der Waals surface area contributed by atoms with Gasteiger partial charge in [-0.3, -0.25) is 0 Å². The first-order valence-corrected chi connectivity index (χ1v) is 6.77. The van der Waals surface area contributed by atoms with E-state index in [1.54, 1.807) is 11.0 Å². The van der Waals surface area contributed by atoms with Crippen LogP contribution < -0.4 is 5.32 Å². The van der Waals surface area contributed by atoms with E-state index in [2.05, 4.69) is 27.3 Å². The van der Waals surface area contributed by atoms with E-state index in [1.165, 1.54) is 0 Å². The molecule has 19 heavy (non-hydrogen) atoms. The van der Waals surface area contributed by atoms with Crippen LogP contribution in [0.5, 0.6) is 0 Å². The molecule has 2 aromatic rings. The van der Waals surface area contributed by atoms with Crippen LogP contribution in [0.15, 0.2) is 6.33 Å². The second-order valence-corrected chi connectivity index (χ2v) is 4.68. The Morgan fingerprint density at radius 3 is 2.53 bits per heavy atom. The lowest BCUT2D eigenvalue weighted by Gasteiger charge is -2.13. The first-order valence-electron chi connectivity index (χ1n) is 6.39. The first kappa shape index (κ1) is 13.8. The minimum Gasteiger partial charge on any atom is -0.370 e. The average Bonchev–Trinajstić information content (AvgIpc) is 2.66. The van der Waals surface area contributed by atoms with Gasteiger partial charge in [0.25, 0.3) is 0 Å². The standard InChI is InChI=1S/C13H18ClN5/c1-5-10-12(15-6-2)16-7-17-13(10)19-9(4)11(14)8(3)18-19/h7H,5-6H2,1-4H3,(H,15,16,17). The molecule has 6 heteroatoms. The molecule has 0 saturated carbocycles. The van der Waals surface area contributed by atoms with Crippen LogP contribution >= 0.6 is 11.6 Å². The smallest absolute Gasteiger partial charge is 0.162 e. The number of rotatable bonds is 4. The SMILES string of the molecule is CCNc1ncnc(-n2nc(C)c(Cl)c2C)c1CC. The highest BCUT2D eigenvalue weighted by Gasteiger charge is 2.16. The number of aryl methyl sites for hydroxylation is 1. The van der Waals surface area contributed by atoms with Crippen molar-refractivity contribution in [1.29, 1.82) is 0 Å². The van der Waals surface area contributed by atoms with Crippen LogP contribution in [0.3, 0.4) is 0 Å². The quantitative estimate of drug-likeness (QED) is 0.935. The van der Waals surface area contributed by atoms with Gasteiger partial charge in [0, 0.05) is 12.1 Å². The maximum Gasteiger partial charge on any atom is 0.162 e. The van der Waals surface area contributed by atoms with Gasteiger partial charge in [-0.25, -0.2) is 14.6 Å². The average molecular weight is 280 g/mol. The topological polar surface area (TPSA) is 55.6 Å². The van der Waals surface area contributed by atoms with E-state index in [4.69, 9.17) is 11.6 Å². The molecule has 0 bridgehead atoms. The lowest BCUT2D eigenvalue weighted by Crippen LogP contribution is -2.11. The van der Waals surface area contributed by atoms with Crippen molar-refractivity contribution in [1.82, 2.24) is 19.7 Å². The molecule has 0 atom stereocenters. The van der Waals surface area contributed by atoms with Gasteiger partial charge in [0.2, 0.25) is 0 Å². The summed E-state index contributed by atoms with van der Waals surface area (Å²) in [5.41, 5.74) is 2.76. The van der Waals surface area contributed by atoms with Crippen LogP contribution in [-0.4, -0.2) is 26.3 Å². The summed E-state index contributed by atoms with van der Waals surface area (Å²) >= 11 is 6.20. The first-order chi connectivity index (χ1) is 9.10. The molecule has 0 aliphatic rings. The lowest BCUT2D eigenvalue weighted by atomic mass is 10.2. The van der Waals surface area contributed by atoms with Gasteiger partial charge in [0.05, 0.1) is 16.4 Å². The summed E-state index contributed by atoms with van der Waals surface area (Å²) in [5.74, 6) is 1.65. The van der Waals surface area contributed by atoms with Crippen LogP contribution in [0.4, 0.5) is 5.82 Å². The number of hydrogen-bond acceptors (Lipinski definition) is 4. The molecular formula is C13H18ClN5. The molecular weight excluding hydrogens is 262 g/mol. The van der Waals surface area contributed by atoms with Gasteiger partial charge in [-0.15, -0.1) is 0 Å². The molecule has 0 radical (unpaired) electrons. The van der Waals surface area contributed by atoms with Crippen molar-refractivity contribution in [2.75, 3.05) is 11.9 Å². The number of hydrogen-bond donors (Lipinski definition) is 1. The van der Waals surface area contributed by atoms with E-state index in [0.717, 1.165) is 41.6 Å². The van der Waals surface area contributed by atoms with Crippen LogP contribution in [-0.2, 0) is 6.42 Å². The predicted molar refractivity (Wildman–Crippen MR) is 77.2 cm³/mol. The summed E-state index contributed by atoms with van der Waals surface area (Å²) in [6, 6.07) is 0. The fourth-order valence-corrected chi connectivity index (χ4v) is 2.18. The summed E-state index contributed by atoms with van der Waals surface area (Å²) in [4.78, 5) is 8.66. The van der Waals surface area contributed by atoms with Gasteiger partial charge >= 0.3 is 0 Å². The normalized spacial score (nSPS) is 10.8. The Balaban J connectivity index is 2.61. The molecule has 1 N–H and O–H groups in total. The zero-order valence-electron chi connectivity index (χ0n) is 11.7. The third-order valence-electron chi connectivity index (χ3n) is 3.02. The van der Waals surface area contributed by atoms with Crippen molar-refractivity contribution >= 4 is 17.4 Å². The third-order valence-corrected chi connectivity index (χ3v) is 3.57. The molecule has 0 unspecified atom stereocenters. The third kappa shape index (κ3) is 2.42. The maximum absolute atomic E-state index is 6.20. The lowest BCUT2D eigenvalue weighted by molar-refractivity contribution is 0.784. The fraction of sp³-hybridized carbons (Fsp3) is 0.462. The number of aromatic nitrogens is 4. The molecule has 0 aliphatic carbocycles. The van der Waals surface area contributed by atoms with Gasteiger partial charge in [-0.2, -0.15) is 5.10 Å². The highest BCUT2D eigenvalue weighted by molar-refractivity contribution is 6.31. The van der Waals surface area contributed by atoms with Crippen LogP contribution in [0.25, 0.3) is 5.82 Å². The Morgan fingerprint density at radius 1 is 1.26 bits per heavy atom. The Kier molecular flexibility index (Phi) is 4.04. The summed E-state index contributed by atoms with van der Waals surface area (Å²) in [5, 5.41) is 8.40. The molecule has 2 aromatic heterocycles. The minimum atomic E-state index is 0.686. The van der Waals surface area contributed by atoms with E-state index >= 15 is 0 Å². The summed E-state index contributed by atoms with van der Waals surface area (Å²) < 4.78 is 1.79. The van der Waals surface area contributed by atoms with Gasteiger partial charge < -0.3 is 5.32 Å². The minimum absolute atomic E-state index is 0.686. The van der Waals surface area contributed by atoms with Crippen LogP contribution in [0.2, 0.25) is 5.02 Å². The van der Waals surface area contributed by atoms with E-state index in [1.807, 2.05) is 20.8 Å². The summed E-state index contributed by atoms with van der Waals surface area (Å²) in [6.45, 7) is 8.78. The van der Waals surface area contributed by atoms with Crippen molar-refractivity contribution in [2.24, 2.45) is 0 Å². The largest absolute Gasteiger partial charge is 0.370 e. The van der Waals surface area contributed by atoms with Gasteiger partial charge in [-0.05, 0) is 27.2 Å². The summed E-state index contributed by atoms with van der Waals surface area (Å²) in [7, 11) is 0. The second kappa shape index (κ2) is 5.57. The Bertz CT molecular complexity index is 591. The van der Waals surface area contributed by atoms with Crippen molar-refractivity contribution in [3.05, 3.63) is 28.3 Å². The number of anilines is 1. The fourth-order valence-electron chi connectivity index (χ4n) is 2.06. The Morgan fingerprint density at radius 2 is 2.00 bits per heavy atom. The summed E-state index contributed by atoms with van der Waals surface area (Å²) in [6.07, 6.45) is 2.38. The van der Waals surface area contributed by atoms with Gasteiger partial charge in [-0.1, -0.05) is 18.5 Å². The van der Waals surface area contributed by atoms with Crippen LogP contribution in [0.1, 0.15) is 30.8 Å². The van der Waals surface area contributed by atoms with E-state index in [-0.39, 0.29) is 0 Å². The predicted octanol–water partition coefficient (Wildman–Crippen LogP) is 2.93. The second-order valence-electron chi connectivity index (χ2n) is 4.30. The van der Waals surface area contributed by atoms with Gasteiger partial charge in [0.1, 0.15) is 12.1 Å². The molecule has 102 valence electrons. The molecule has 2 heterocycles. The van der Waals surface area contributed by atoms with Crippen molar-refractivity contribution in [3.8, 4) is 5.82 Å². The Hall–Kier alpha value is -1.62. The molecule has 2 rings (SSSR count). The molecule has 0 fully saturated rings. The van der Waals surface area contributed by atoms with Crippen molar-refractivity contribution < 1.29 is 0 Å². The number of nitrogens with zero attached hydrogens (tertiary/aromatic N) is 4. The zero-order chi connectivity index (χ0) is 14.0. The molecule has 5 nitrogen and oxygen atoms in total. The van der Waals surface area contributed by atoms with E-state index in [9.17, 15) is 0 Å². The monoisotopic (exact) mass is 279 g/mol. The highest BCUT2D eigenvalue weighted by Crippen LogP contribution is 2.25. The van der Waals surface area contributed by atoms with Crippen LogP contribution in [0, 0.1) is 13.8 Å². The highest BCUT2D eigenvalue weighted by atomic mass is 35.5. The zero-order valence-corrected chi connectivity index (χ0v) is 12.4. The molecule has 0 amide bonds. The van der Waals surface area contributed by atoms with E-state index in [0.29, 0.717) is 5.02 Å². The molecule has 0 aliphatic heterocycles. The molecule has 0 saturated heterocycles. The maximum atomic E-state index is 6.20. The number of nitrogens with one attached hydrogen (secondary N) is 1. The molecule has 0 aromatic carbocycles. The molecule has 0 spiro atoms. The van der Waals surface area contributed by atoms with Crippen molar-refractivity contribution in [3.63, 3.8) is 0 Å². The van der Waals surface area contributed by atoms with E-state index < -0.39 is 0 Å². The van der Waals surface area contributed by atoms with Gasteiger partial charge in [0.15, 0.2) is 5.82 Å². The Labute approximate surface area is 118 Å². The van der Waals surface area contributed by atoms with Crippen molar-refractivity contribution in [2.45, 2.75) is 34.1 Å².